The molecule has 0 saturated carbocycles. The van der Waals surface area contributed by atoms with E-state index in [2.05, 4.69) is 19.8 Å². The number of nitrogens with one attached hydrogen (secondary N) is 1. The molecular weight excluding hydrogens is 359 g/mol. The van der Waals surface area contributed by atoms with Gasteiger partial charge in [-0.15, -0.1) is 0 Å². The van der Waals surface area contributed by atoms with Crippen molar-refractivity contribution in [1.82, 2.24) is 20.4 Å². The number of aromatic nitrogens is 4. The fourth-order valence-electron chi connectivity index (χ4n) is 1.63. The van der Waals surface area contributed by atoms with Crippen LogP contribution in [0, 0.1) is 0 Å². The first-order chi connectivity index (χ1) is 12.3. The fourth-order valence-corrected chi connectivity index (χ4v) is 1.63. The summed E-state index contributed by atoms with van der Waals surface area (Å²) in [7, 11) is 0. The maximum atomic E-state index is 11.9. The zero-order chi connectivity index (χ0) is 19.2. The number of hydrogen-bond acceptors (Lipinski definition) is 7. The monoisotopic (exact) mass is 370 g/mol. The van der Waals surface area contributed by atoms with E-state index in [1.165, 1.54) is 17.1 Å². The summed E-state index contributed by atoms with van der Waals surface area (Å²) in [6.45, 7) is -1.20. The average Bonchev–Trinajstić information content (AvgIpc) is 2.60. The van der Waals surface area contributed by atoms with Gasteiger partial charge >= 0.3 is 18.1 Å². The number of alkyl halides is 3. The molecule has 0 fully saturated rings. The van der Waals surface area contributed by atoms with Gasteiger partial charge in [0.25, 0.3) is 12.5 Å². The molecule has 0 aliphatic heterocycles. The minimum Gasteiger partial charge on any atom is -0.385 e. The van der Waals surface area contributed by atoms with E-state index < -0.39 is 30.6 Å². The molecule has 2 rings (SSSR count). The summed E-state index contributed by atoms with van der Waals surface area (Å²) < 4.78 is 40.5. The Kier molecular flexibility index (Phi) is 5.88. The molecule has 2 heterocycles. The van der Waals surface area contributed by atoms with Crippen LogP contribution in [0.4, 0.5) is 13.2 Å². The van der Waals surface area contributed by atoms with Crippen LogP contribution in [0.2, 0.25) is 0 Å². The summed E-state index contributed by atoms with van der Waals surface area (Å²) in [4.78, 5) is 41.2. The number of esters is 2. The number of carbonyl (C=O) groups is 3. The van der Waals surface area contributed by atoms with E-state index in [9.17, 15) is 27.6 Å². The van der Waals surface area contributed by atoms with E-state index in [-0.39, 0.29) is 6.54 Å². The zero-order valence-electron chi connectivity index (χ0n) is 12.9. The number of rotatable bonds is 5. The third-order valence-electron chi connectivity index (χ3n) is 2.77. The lowest BCUT2D eigenvalue weighted by Crippen LogP contribution is -2.46. The predicted octanol–water partition coefficient (Wildman–Crippen LogP) is -0.426. The molecule has 0 spiro atoms. The van der Waals surface area contributed by atoms with E-state index >= 15 is 0 Å². The van der Waals surface area contributed by atoms with Crippen molar-refractivity contribution in [2.45, 2.75) is 12.7 Å². The normalized spacial score (nSPS) is 10.9. The molecule has 1 N–H and O–H groups in total. The summed E-state index contributed by atoms with van der Waals surface area (Å²) in [5, 5.41) is 5.98. The summed E-state index contributed by atoms with van der Waals surface area (Å²) >= 11 is 0. The van der Waals surface area contributed by atoms with Gasteiger partial charge in [-0.1, -0.05) is 4.68 Å². The average molecular weight is 370 g/mol. The number of ether oxygens (including phenoxy) is 1. The van der Waals surface area contributed by atoms with Gasteiger partial charge in [-0.3, -0.25) is 4.79 Å². The van der Waals surface area contributed by atoms with Crippen molar-refractivity contribution in [2.75, 3.05) is 6.54 Å². The van der Waals surface area contributed by atoms with Crippen LogP contribution in [0.5, 0.6) is 0 Å². The maximum absolute atomic E-state index is 11.9. The fraction of sp³-hybridized carbons (Fsp3) is 0.214. The summed E-state index contributed by atoms with van der Waals surface area (Å²) in [5.74, 6) is -4.46. The molecule has 0 radical (unpaired) electrons. The Bertz CT molecular complexity index is 796. The highest BCUT2D eigenvalue weighted by molar-refractivity contribution is 5.90. The van der Waals surface area contributed by atoms with Crippen LogP contribution in [0.1, 0.15) is 0 Å². The Labute approximate surface area is 143 Å². The standard InChI is InChI=1S/C14H10F3N5O4/c15-14(16,17)13(25)26-11(24)7-20-10(23)8-22-5-2-9(6-21-22)12-18-3-1-4-19-12/h1-6H,7-8H2/p+1. The highest BCUT2D eigenvalue weighted by Gasteiger charge is 2.42. The van der Waals surface area contributed by atoms with Gasteiger partial charge in [0, 0.05) is 24.0 Å². The van der Waals surface area contributed by atoms with E-state index in [1.807, 2.05) is 5.32 Å². The molecule has 1 amide bonds. The van der Waals surface area contributed by atoms with Crippen LogP contribution in [-0.2, 0) is 25.7 Å². The highest BCUT2D eigenvalue weighted by Crippen LogP contribution is 2.16. The van der Waals surface area contributed by atoms with Crippen LogP contribution >= 0.6 is 0 Å². The number of halogens is 3. The van der Waals surface area contributed by atoms with E-state index in [1.54, 1.807) is 24.5 Å². The Hall–Kier alpha value is -3.44. The minimum atomic E-state index is -5.29. The Morgan fingerprint density at radius 2 is 1.88 bits per heavy atom. The van der Waals surface area contributed by atoms with Gasteiger partial charge in [-0.2, -0.15) is 13.2 Å². The molecule has 0 bridgehead atoms. The first-order valence-corrected chi connectivity index (χ1v) is 6.97. The Morgan fingerprint density at radius 1 is 1.19 bits per heavy atom. The van der Waals surface area contributed by atoms with Crippen molar-refractivity contribution in [1.29, 1.82) is 0 Å². The van der Waals surface area contributed by atoms with Gasteiger partial charge < -0.3 is 10.1 Å². The first-order valence-electron chi connectivity index (χ1n) is 6.97. The molecule has 136 valence electrons. The molecule has 0 aliphatic rings. The molecule has 0 aliphatic carbocycles. The van der Waals surface area contributed by atoms with E-state index in [0.29, 0.717) is 11.4 Å². The molecule has 0 saturated heterocycles. The Balaban J connectivity index is 1.83. The number of hydrogen-bond donors (Lipinski definition) is 1. The van der Waals surface area contributed by atoms with Gasteiger partial charge in [-0.25, -0.2) is 19.6 Å². The predicted molar refractivity (Wildman–Crippen MR) is 75.6 cm³/mol. The molecule has 2 aromatic heterocycles. The second-order valence-electron chi connectivity index (χ2n) is 4.72. The maximum Gasteiger partial charge on any atom is 0.491 e. The number of nitrogens with zero attached hydrogens (tertiary/aromatic N) is 4. The SMILES string of the molecule is O=C(C[n+]1ccc(-c2ncccn2)cn1)NCC(=O)OC(=O)C(F)(F)F. The van der Waals surface area contributed by atoms with Crippen molar-refractivity contribution in [3.8, 4) is 11.4 Å². The van der Waals surface area contributed by atoms with E-state index in [0.717, 1.165) is 0 Å². The number of amides is 1. The minimum absolute atomic E-state index is 0.309. The third-order valence-corrected chi connectivity index (χ3v) is 2.77. The molecule has 0 unspecified atom stereocenters. The van der Waals surface area contributed by atoms with Gasteiger partial charge in [-0.05, 0) is 11.2 Å². The largest absolute Gasteiger partial charge is 0.491 e. The van der Waals surface area contributed by atoms with Gasteiger partial charge in [0.05, 0.1) is 0 Å². The Morgan fingerprint density at radius 3 is 2.46 bits per heavy atom. The molecule has 26 heavy (non-hydrogen) atoms. The molecule has 0 atom stereocenters. The van der Waals surface area contributed by atoms with Crippen molar-refractivity contribution in [3.05, 3.63) is 36.9 Å². The lowest BCUT2D eigenvalue weighted by molar-refractivity contribution is -0.742. The van der Waals surface area contributed by atoms with Crippen molar-refractivity contribution in [2.24, 2.45) is 0 Å². The van der Waals surface area contributed by atoms with Gasteiger partial charge in [0.15, 0.2) is 12.0 Å². The quantitative estimate of drug-likeness (QED) is 0.432. The summed E-state index contributed by atoms with van der Waals surface area (Å²) in [5.41, 5.74) is 0.608. The van der Waals surface area contributed by atoms with Crippen LogP contribution in [0.3, 0.4) is 0 Å². The molecule has 2 aromatic rings. The smallest absolute Gasteiger partial charge is 0.385 e. The van der Waals surface area contributed by atoms with Crippen LogP contribution in [0.15, 0.2) is 36.9 Å². The van der Waals surface area contributed by atoms with E-state index in [4.69, 9.17) is 0 Å². The van der Waals surface area contributed by atoms with Crippen molar-refractivity contribution >= 4 is 17.8 Å². The highest BCUT2D eigenvalue weighted by atomic mass is 19.4. The second kappa shape index (κ2) is 8.09. The van der Waals surface area contributed by atoms with Gasteiger partial charge in [0.1, 0.15) is 12.7 Å². The lowest BCUT2D eigenvalue weighted by Gasteiger charge is -2.05. The first kappa shape index (κ1) is 18.9. The van der Waals surface area contributed by atoms with Crippen LogP contribution in [-0.4, -0.2) is 45.6 Å². The lowest BCUT2D eigenvalue weighted by atomic mass is 10.3. The zero-order valence-corrected chi connectivity index (χ0v) is 12.9. The molecule has 9 nitrogen and oxygen atoms in total. The topological polar surface area (TPSA) is 115 Å². The van der Waals surface area contributed by atoms with Crippen LogP contribution in [0.25, 0.3) is 11.4 Å². The summed E-state index contributed by atoms with van der Waals surface area (Å²) in [6, 6.07) is 3.25. The van der Waals surface area contributed by atoms with Crippen molar-refractivity contribution < 1.29 is 37.0 Å². The van der Waals surface area contributed by atoms with Crippen LogP contribution < -0.4 is 10.00 Å². The summed E-state index contributed by atoms with van der Waals surface area (Å²) in [6.07, 6.45) is 0.693. The second-order valence-corrected chi connectivity index (χ2v) is 4.72. The van der Waals surface area contributed by atoms with Gasteiger partial charge in [0.2, 0.25) is 0 Å². The number of carbonyl (C=O) groups excluding carboxylic acids is 3. The molecular formula is C14H11F3N5O4+. The molecule has 12 heteroatoms. The van der Waals surface area contributed by atoms with Crippen molar-refractivity contribution in [3.63, 3.8) is 0 Å². The molecule has 0 aromatic carbocycles. The third kappa shape index (κ3) is 5.58.